The number of hydrogen-bond donors (Lipinski definition) is 2. The first kappa shape index (κ1) is 43.2. The van der Waals surface area contributed by atoms with Crippen molar-refractivity contribution in [1.82, 2.24) is 14.7 Å². The number of halogens is 3. The van der Waals surface area contributed by atoms with E-state index in [4.69, 9.17) is 55.0 Å². The maximum atomic E-state index is 13.6. The highest BCUT2D eigenvalue weighted by Gasteiger charge is 2.41. The van der Waals surface area contributed by atoms with Crippen molar-refractivity contribution in [2.24, 2.45) is 10.7 Å². The number of piperazine rings is 1. The SMILES string of the molecule is CC(C)(C)N.CCOc1cc(Cl)c(S)cc1C1=NC(C)C(C)N1C(=O)N1CCN(C)C(C(=O)OC)C1.Clc1ccccc1.Clc1ccccc1. The highest BCUT2D eigenvalue weighted by atomic mass is 35.5. The van der Waals surface area contributed by atoms with E-state index in [1.54, 1.807) is 21.9 Å². The maximum Gasteiger partial charge on any atom is 0.326 e. The van der Waals surface area contributed by atoms with E-state index < -0.39 is 6.04 Å². The number of urea groups is 1. The molecule has 2 N–H and O–H groups in total. The van der Waals surface area contributed by atoms with Crippen molar-refractivity contribution in [3.63, 3.8) is 0 Å². The van der Waals surface area contributed by atoms with Crippen molar-refractivity contribution in [2.45, 2.75) is 70.1 Å². The summed E-state index contributed by atoms with van der Waals surface area (Å²) >= 11 is 21.8. The van der Waals surface area contributed by atoms with Gasteiger partial charge in [0.2, 0.25) is 0 Å². The Kier molecular flexibility index (Phi) is 17.9. The van der Waals surface area contributed by atoms with Crippen molar-refractivity contribution < 1.29 is 19.1 Å². The van der Waals surface area contributed by atoms with Gasteiger partial charge < -0.3 is 20.1 Å². The van der Waals surface area contributed by atoms with E-state index in [2.05, 4.69) is 12.6 Å². The number of nitrogens with zero attached hydrogens (tertiary/aromatic N) is 4. The Morgan fingerprint density at radius 3 is 1.92 bits per heavy atom. The molecule has 13 heteroatoms. The van der Waals surface area contributed by atoms with Crippen molar-refractivity contribution in [3.8, 4) is 5.75 Å². The molecule has 5 rings (SSSR count). The lowest BCUT2D eigenvalue weighted by Crippen LogP contribution is -2.60. The smallest absolute Gasteiger partial charge is 0.326 e. The fourth-order valence-corrected chi connectivity index (χ4v) is 5.29. The molecule has 0 bridgehead atoms. The third-order valence-electron chi connectivity index (χ3n) is 7.31. The van der Waals surface area contributed by atoms with Gasteiger partial charge in [0, 0.05) is 46.2 Å². The van der Waals surface area contributed by atoms with E-state index in [-0.39, 0.29) is 36.2 Å². The molecule has 9 nitrogen and oxygen atoms in total. The summed E-state index contributed by atoms with van der Waals surface area (Å²) in [5.41, 5.74) is 6.02. The lowest BCUT2D eigenvalue weighted by atomic mass is 10.1. The van der Waals surface area contributed by atoms with Crippen LogP contribution in [0.2, 0.25) is 15.1 Å². The molecule has 3 atom stereocenters. The first-order valence-corrected chi connectivity index (χ1v) is 17.9. The second-order valence-corrected chi connectivity index (χ2v) is 14.5. The Morgan fingerprint density at radius 2 is 1.48 bits per heavy atom. The highest BCUT2D eigenvalue weighted by Crippen LogP contribution is 2.34. The number of amides is 2. The molecule has 3 aromatic carbocycles. The molecule has 2 aliphatic rings. The van der Waals surface area contributed by atoms with E-state index in [1.165, 1.54) is 7.11 Å². The van der Waals surface area contributed by atoms with Gasteiger partial charge in [0.25, 0.3) is 0 Å². The maximum absolute atomic E-state index is 13.6. The molecule has 0 saturated carbocycles. The fourth-order valence-electron chi connectivity index (χ4n) is 4.65. The van der Waals surface area contributed by atoms with Crippen LogP contribution >= 0.6 is 47.4 Å². The third-order valence-corrected chi connectivity index (χ3v) is 8.63. The average molecular weight is 767 g/mol. The second-order valence-electron chi connectivity index (χ2n) is 12.7. The summed E-state index contributed by atoms with van der Waals surface area (Å²) in [5.74, 6) is 0.718. The molecule has 50 heavy (non-hydrogen) atoms. The van der Waals surface area contributed by atoms with Crippen LogP contribution < -0.4 is 10.5 Å². The largest absolute Gasteiger partial charge is 0.493 e. The van der Waals surface area contributed by atoms with Gasteiger partial charge in [-0.2, -0.15) is 0 Å². The quantitative estimate of drug-likeness (QED) is 0.205. The van der Waals surface area contributed by atoms with Crippen LogP contribution in [0, 0.1) is 0 Å². The van der Waals surface area contributed by atoms with Gasteiger partial charge in [-0.3, -0.25) is 19.6 Å². The van der Waals surface area contributed by atoms with E-state index in [9.17, 15) is 9.59 Å². The van der Waals surface area contributed by atoms with Crippen LogP contribution in [0.4, 0.5) is 4.79 Å². The second kappa shape index (κ2) is 20.8. The number of likely N-dealkylation sites (N-methyl/N-ethyl adjacent to an activating group) is 1. The van der Waals surface area contributed by atoms with E-state index >= 15 is 0 Å². The number of carbonyl (C=O) groups is 2. The van der Waals surface area contributed by atoms with Crippen molar-refractivity contribution in [1.29, 1.82) is 0 Å². The Hall–Kier alpha value is -2.99. The Bertz CT molecular complexity index is 1500. The van der Waals surface area contributed by atoms with Gasteiger partial charge in [-0.1, -0.05) is 71.2 Å². The molecule has 3 unspecified atom stereocenters. The standard InChI is InChI=1S/C21H29ClN4O4S.2C6H5Cl.C4H11N/c1-6-30-17-10-15(22)18(31)9-14(17)19-23-12(2)13(3)26(19)21(28)25-8-7-24(4)16(11-25)20(27)29-5;2*7-6-4-2-1-3-5-6;1-4(2,3)5/h9-10,12-13,16,31H,6-8,11H2,1-5H3;2*1-5H;5H2,1-3H3. The molecule has 2 aliphatic heterocycles. The van der Waals surface area contributed by atoms with E-state index in [1.807, 2.05) is 114 Å². The summed E-state index contributed by atoms with van der Waals surface area (Å²) in [6.45, 7) is 13.5. The summed E-state index contributed by atoms with van der Waals surface area (Å²) in [5, 5.41) is 2.05. The minimum atomic E-state index is -0.503. The normalized spacial score (nSPS) is 18.7. The lowest BCUT2D eigenvalue weighted by Gasteiger charge is -2.40. The molecule has 0 aromatic heterocycles. The van der Waals surface area contributed by atoms with Gasteiger partial charge >= 0.3 is 12.0 Å². The number of aliphatic imine (C=N–C) groups is 1. The predicted octanol–water partition coefficient (Wildman–Crippen LogP) is 8.20. The van der Waals surface area contributed by atoms with Gasteiger partial charge in [-0.15, -0.1) is 12.6 Å². The van der Waals surface area contributed by atoms with Crippen LogP contribution in [0.3, 0.4) is 0 Å². The Balaban J connectivity index is 0.000000366. The van der Waals surface area contributed by atoms with Crippen molar-refractivity contribution in [3.05, 3.63) is 93.4 Å². The first-order valence-electron chi connectivity index (χ1n) is 16.3. The molecular weight excluding hydrogens is 717 g/mol. The van der Waals surface area contributed by atoms with Crippen LogP contribution in [0.15, 0.2) is 82.7 Å². The number of esters is 1. The minimum Gasteiger partial charge on any atom is -0.493 e. The van der Waals surface area contributed by atoms with Crippen LogP contribution in [-0.4, -0.2) is 96.6 Å². The lowest BCUT2D eigenvalue weighted by molar-refractivity contribution is -0.148. The first-order chi connectivity index (χ1) is 23.5. The number of amidine groups is 1. The Labute approximate surface area is 318 Å². The molecule has 2 heterocycles. The molecule has 0 radical (unpaired) electrons. The van der Waals surface area contributed by atoms with Crippen LogP contribution in [0.5, 0.6) is 5.75 Å². The zero-order chi connectivity index (χ0) is 37.6. The van der Waals surface area contributed by atoms with Gasteiger partial charge in [-0.05, 0) is 78.9 Å². The van der Waals surface area contributed by atoms with Gasteiger partial charge in [0.15, 0.2) is 0 Å². The summed E-state index contributed by atoms with van der Waals surface area (Å²) < 4.78 is 10.7. The number of rotatable bonds is 4. The number of hydrogen-bond acceptors (Lipinski definition) is 8. The molecule has 274 valence electrons. The number of methoxy groups -OCH3 is 1. The fraction of sp³-hybridized carbons (Fsp3) is 0.432. The number of benzene rings is 3. The molecule has 0 aliphatic carbocycles. The molecule has 0 spiro atoms. The van der Waals surface area contributed by atoms with Gasteiger partial charge in [-0.25, -0.2) is 4.79 Å². The molecule has 1 saturated heterocycles. The van der Waals surface area contributed by atoms with Crippen LogP contribution in [-0.2, 0) is 9.53 Å². The van der Waals surface area contributed by atoms with E-state index in [0.717, 1.165) is 10.0 Å². The number of nitrogens with two attached hydrogens (primary N) is 1. The van der Waals surface area contributed by atoms with Crippen molar-refractivity contribution >= 4 is 65.3 Å². The highest BCUT2D eigenvalue weighted by molar-refractivity contribution is 7.80. The summed E-state index contributed by atoms with van der Waals surface area (Å²) in [4.78, 5) is 36.4. The number of thiol groups is 1. The summed E-state index contributed by atoms with van der Waals surface area (Å²) in [6.07, 6.45) is 0. The molecular formula is C37H50Cl3N5O4S. The Morgan fingerprint density at radius 1 is 0.960 bits per heavy atom. The van der Waals surface area contributed by atoms with Gasteiger partial charge in [0.1, 0.15) is 17.6 Å². The third kappa shape index (κ3) is 14.0. The molecule has 2 amide bonds. The van der Waals surface area contributed by atoms with Crippen LogP contribution in [0.1, 0.15) is 47.1 Å². The predicted molar refractivity (Wildman–Crippen MR) is 209 cm³/mol. The topological polar surface area (TPSA) is 101 Å². The van der Waals surface area contributed by atoms with Gasteiger partial charge in [0.05, 0.1) is 36.4 Å². The monoisotopic (exact) mass is 765 g/mol. The van der Waals surface area contributed by atoms with Crippen molar-refractivity contribution in [2.75, 3.05) is 40.4 Å². The average Bonchev–Trinajstić information content (AvgIpc) is 3.36. The molecule has 1 fully saturated rings. The number of carbonyl (C=O) groups excluding carboxylic acids is 2. The minimum absolute atomic E-state index is 0. The molecule has 3 aromatic rings. The van der Waals surface area contributed by atoms with E-state index in [0.29, 0.717) is 46.8 Å². The number of ether oxygens (including phenoxy) is 2. The zero-order valence-corrected chi connectivity index (χ0v) is 33.2. The van der Waals surface area contributed by atoms with Crippen LogP contribution in [0.25, 0.3) is 0 Å². The summed E-state index contributed by atoms with van der Waals surface area (Å²) in [7, 11) is 3.21. The zero-order valence-electron chi connectivity index (χ0n) is 30.1. The summed E-state index contributed by atoms with van der Waals surface area (Å²) in [6, 6.07) is 21.4.